The average Bonchev–Trinajstić information content (AvgIpc) is 2.99. The van der Waals surface area contributed by atoms with Crippen molar-refractivity contribution in [2.75, 3.05) is 18.8 Å². The van der Waals surface area contributed by atoms with Gasteiger partial charge < -0.3 is 4.74 Å². The fourth-order valence-electron chi connectivity index (χ4n) is 3.42. The van der Waals surface area contributed by atoms with E-state index in [4.69, 9.17) is 4.74 Å². The maximum Gasteiger partial charge on any atom is 0.0892 e. The molecule has 4 nitrogen and oxygen atoms in total. The van der Waals surface area contributed by atoms with Crippen LogP contribution in [0.5, 0.6) is 0 Å². The third-order valence-electron chi connectivity index (χ3n) is 4.50. The Hall–Kier alpha value is -1.43. The molecule has 4 heterocycles. The summed E-state index contributed by atoms with van der Waals surface area (Å²) in [6, 6.07) is 12.1. The van der Waals surface area contributed by atoms with Crippen molar-refractivity contribution in [3.05, 3.63) is 60.2 Å². The number of likely N-dealkylation sites (tertiary alicyclic amines) is 1. The molecule has 0 N–H and O–H groups in total. The summed E-state index contributed by atoms with van der Waals surface area (Å²) in [5, 5.41) is 0. The van der Waals surface area contributed by atoms with Crippen LogP contribution in [0.3, 0.4) is 0 Å². The van der Waals surface area contributed by atoms with Gasteiger partial charge in [0, 0.05) is 42.5 Å². The van der Waals surface area contributed by atoms with Crippen molar-refractivity contribution < 1.29 is 4.74 Å². The molecule has 2 aliphatic rings. The van der Waals surface area contributed by atoms with Crippen LogP contribution >= 0.6 is 11.8 Å². The number of thioether (sulfide) groups is 1. The van der Waals surface area contributed by atoms with Gasteiger partial charge in [-0.2, -0.15) is 0 Å². The summed E-state index contributed by atoms with van der Waals surface area (Å²) in [6.45, 7) is 3.89. The van der Waals surface area contributed by atoms with Crippen LogP contribution in [-0.4, -0.2) is 44.6 Å². The minimum Gasteiger partial charge on any atom is -0.371 e. The fraction of sp³-hybridized carbons (Fsp3) is 0.444. The summed E-state index contributed by atoms with van der Waals surface area (Å²) in [4.78, 5) is 11.2. The summed E-state index contributed by atoms with van der Waals surface area (Å²) >= 11 is 2.08. The first-order valence-corrected chi connectivity index (χ1v) is 9.08. The van der Waals surface area contributed by atoms with Crippen molar-refractivity contribution in [1.29, 1.82) is 0 Å². The fourth-order valence-corrected chi connectivity index (χ4v) is 5.02. The molecule has 0 unspecified atom stereocenters. The van der Waals surface area contributed by atoms with Crippen LogP contribution in [0.25, 0.3) is 0 Å². The number of nitrogens with zero attached hydrogens (tertiary/aromatic N) is 3. The predicted octanol–water partition coefficient (Wildman–Crippen LogP) is 2.75. The second-order valence-corrected chi connectivity index (χ2v) is 7.91. The lowest BCUT2D eigenvalue weighted by Gasteiger charge is -2.47. The second-order valence-electron chi connectivity index (χ2n) is 6.42. The van der Waals surface area contributed by atoms with Gasteiger partial charge in [-0.1, -0.05) is 12.1 Å². The molecule has 0 bridgehead atoms. The number of rotatable bonds is 5. The molecular weight excluding hydrogens is 306 g/mol. The predicted molar refractivity (Wildman–Crippen MR) is 92.1 cm³/mol. The summed E-state index contributed by atoms with van der Waals surface area (Å²) in [7, 11) is 0. The molecule has 0 radical (unpaired) electrons. The van der Waals surface area contributed by atoms with Crippen molar-refractivity contribution in [2.24, 2.45) is 0 Å². The number of hydrogen-bond donors (Lipinski definition) is 0. The molecular formula is C18H21N3OS. The summed E-state index contributed by atoms with van der Waals surface area (Å²) in [5.41, 5.74) is 2.18. The Balaban J connectivity index is 1.24. The molecule has 2 aromatic rings. The van der Waals surface area contributed by atoms with Crippen LogP contribution in [0, 0.1) is 0 Å². The van der Waals surface area contributed by atoms with Crippen LogP contribution in [-0.2, 0) is 17.9 Å². The van der Waals surface area contributed by atoms with Crippen LogP contribution in [0.4, 0.5) is 0 Å². The SMILES string of the molecule is c1ccc(CO[C@H]2CSC3(C2)CN(Cc2ccccn2)C3)nc1. The molecule has 0 saturated carbocycles. The minimum atomic E-state index is 0.360. The van der Waals surface area contributed by atoms with Gasteiger partial charge in [0.2, 0.25) is 0 Å². The van der Waals surface area contributed by atoms with E-state index in [1.807, 2.05) is 36.7 Å². The zero-order valence-corrected chi connectivity index (χ0v) is 13.9. The first-order chi connectivity index (χ1) is 11.3. The van der Waals surface area contributed by atoms with Gasteiger partial charge in [0.1, 0.15) is 0 Å². The summed E-state index contributed by atoms with van der Waals surface area (Å²) < 4.78 is 6.47. The Morgan fingerprint density at radius 3 is 2.52 bits per heavy atom. The second kappa shape index (κ2) is 6.59. The average molecular weight is 327 g/mol. The molecule has 1 atom stereocenters. The van der Waals surface area contributed by atoms with E-state index in [2.05, 4.69) is 38.8 Å². The van der Waals surface area contributed by atoms with Crippen molar-refractivity contribution in [1.82, 2.24) is 14.9 Å². The Morgan fingerprint density at radius 2 is 1.83 bits per heavy atom. The highest BCUT2D eigenvalue weighted by Gasteiger charge is 2.49. The monoisotopic (exact) mass is 327 g/mol. The van der Waals surface area contributed by atoms with Crippen molar-refractivity contribution >= 4 is 11.8 Å². The van der Waals surface area contributed by atoms with E-state index in [9.17, 15) is 0 Å². The zero-order valence-electron chi connectivity index (χ0n) is 13.1. The molecule has 4 rings (SSSR count). The molecule has 120 valence electrons. The number of aromatic nitrogens is 2. The molecule has 1 spiro atoms. The first-order valence-electron chi connectivity index (χ1n) is 8.09. The lowest BCUT2D eigenvalue weighted by molar-refractivity contribution is 0.0248. The summed E-state index contributed by atoms with van der Waals surface area (Å²) in [5.74, 6) is 1.10. The third kappa shape index (κ3) is 3.57. The number of pyridine rings is 2. The first kappa shape index (κ1) is 15.1. The van der Waals surface area contributed by atoms with Gasteiger partial charge in [0.15, 0.2) is 0 Å². The standard InChI is InChI=1S/C18H21N3OS/c1-3-7-19-15(5-1)10-21-13-18(14-21)9-17(12-23-18)22-11-16-6-2-4-8-20-16/h1-8,17H,9-14H2/t17-/m1/s1. The number of hydrogen-bond acceptors (Lipinski definition) is 5. The molecule has 5 heteroatoms. The lowest BCUT2D eigenvalue weighted by atomic mass is 9.93. The van der Waals surface area contributed by atoms with Gasteiger partial charge in [-0.15, -0.1) is 11.8 Å². The zero-order chi connectivity index (χ0) is 15.5. The normalized spacial score (nSPS) is 23.0. The molecule has 2 fully saturated rings. The van der Waals surface area contributed by atoms with Gasteiger partial charge in [-0.3, -0.25) is 14.9 Å². The van der Waals surface area contributed by atoms with Gasteiger partial charge in [-0.25, -0.2) is 0 Å². The Kier molecular flexibility index (Phi) is 4.33. The van der Waals surface area contributed by atoms with Crippen molar-refractivity contribution in [2.45, 2.75) is 30.4 Å². The van der Waals surface area contributed by atoms with E-state index in [0.29, 0.717) is 17.5 Å². The topological polar surface area (TPSA) is 38.2 Å². The number of ether oxygens (including phenoxy) is 1. The molecule has 2 aromatic heterocycles. The highest BCUT2D eigenvalue weighted by atomic mass is 32.2. The minimum absolute atomic E-state index is 0.360. The maximum absolute atomic E-state index is 6.06. The van der Waals surface area contributed by atoms with E-state index in [1.165, 1.54) is 0 Å². The smallest absolute Gasteiger partial charge is 0.0892 e. The van der Waals surface area contributed by atoms with Crippen molar-refractivity contribution in [3.63, 3.8) is 0 Å². The largest absolute Gasteiger partial charge is 0.371 e. The van der Waals surface area contributed by atoms with Crippen LogP contribution in [0.15, 0.2) is 48.8 Å². The molecule has 0 amide bonds. The van der Waals surface area contributed by atoms with E-state index in [0.717, 1.165) is 43.2 Å². The van der Waals surface area contributed by atoms with Gasteiger partial charge >= 0.3 is 0 Å². The maximum atomic E-state index is 6.06. The van der Waals surface area contributed by atoms with E-state index in [-0.39, 0.29) is 0 Å². The van der Waals surface area contributed by atoms with E-state index in [1.54, 1.807) is 0 Å². The lowest BCUT2D eigenvalue weighted by Crippen LogP contribution is -2.58. The third-order valence-corrected chi connectivity index (χ3v) is 6.08. The molecule has 23 heavy (non-hydrogen) atoms. The molecule has 2 saturated heterocycles. The quantitative estimate of drug-likeness (QED) is 0.844. The molecule has 0 aromatic carbocycles. The van der Waals surface area contributed by atoms with Crippen molar-refractivity contribution in [3.8, 4) is 0 Å². The van der Waals surface area contributed by atoms with E-state index >= 15 is 0 Å². The van der Waals surface area contributed by atoms with Gasteiger partial charge in [0.25, 0.3) is 0 Å². The van der Waals surface area contributed by atoms with Gasteiger partial charge in [-0.05, 0) is 30.7 Å². The van der Waals surface area contributed by atoms with Crippen LogP contribution < -0.4 is 0 Å². The molecule has 2 aliphatic heterocycles. The Bertz CT molecular complexity index is 631. The summed E-state index contributed by atoms with van der Waals surface area (Å²) in [6.07, 6.45) is 5.21. The van der Waals surface area contributed by atoms with Crippen LogP contribution in [0.2, 0.25) is 0 Å². The molecule has 0 aliphatic carbocycles. The van der Waals surface area contributed by atoms with Gasteiger partial charge in [0.05, 0.1) is 24.1 Å². The Morgan fingerprint density at radius 1 is 1.09 bits per heavy atom. The highest BCUT2D eigenvalue weighted by molar-refractivity contribution is 8.01. The Labute approximate surface area is 141 Å². The van der Waals surface area contributed by atoms with E-state index < -0.39 is 0 Å². The highest BCUT2D eigenvalue weighted by Crippen LogP contribution is 2.46. The van der Waals surface area contributed by atoms with Crippen LogP contribution in [0.1, 0.15) is 17.8 Å².